The lowest BCUT2D eigenvalue weighted by Crippen LogP contribution is -2.35. The molecule has 0 radical (unpaired) electrons. The van der Waals surface area contributed by atoms with Crippen molar-refractivity contribution >= 4 is 40.0 Å². The van der Waals surface area contributed by atoms with Gasteiger partial charge < -0.3 is 10.6 Å². The predicted octanol–water partition coefficient (Wildman–Crippen LogP) is 6.14. The standard InChI is InChI=1S/C23H28IN3O/c1-23(2)13-12-21(27(3)18-9-10-18)19-11-8-17(14-20(19)23)26-22(28)25-16-6-4-15(24)5-7-16/h4-8,11,14,18,21H,9-10,12-13H2,1-3H3,(H2,25,26,28). The minimum absolute atomic E-state index is 0.126. The fraction of sp³-hybridized carbons (Fsp3) is 0.435. The number of rotatable bonds is 4. The molecule has 2 N–H and O–H groups in total. The van der Waals surface area contributed by atoms with Gasteiger partial charge in [-0.15, -0.1) is 0 Å². The number of hydrogen-bond donors (Lipinski definition) is 2. The number of amides is 2. The van der Waals surface area contributed by atoms with Crippen LogP contribution in [0, 0.1) is 3.57 Å². The Balaban J connectivity index is 1.53. The summed E-state index contributed by atoms with van der Waals surface area (Å²) in [5.41, 5.74) is 4.56. The van der Waals surface area contributed by atoms with E-state index in [4.69, 9.17) is 0 Å². The number of anilines is 2. The van der Waals surface area contributed by atoms with Gasteiger partial charge in [-0.2, -0.15) is 0 Å². The van der Waals surface area contributed by atoms with E-state index in [2.05, 4.69) is 71.2 Å². The molecule has 0 heterocycles. The van der Waals surface area contributed by atoms with Crippen LogP contribution in [0.25, 0.3) is 0 Å². The highest BCUT2D eigenvalue weighted by molar-refractivity contribution is 14.1. The van der Waals surface area contributed by atoms with Gasteiger partial charge in [-0.1, -0.05) is 19.9 Å². The molecule has 0 saturated heterocycles. The summed E-state index contributed by atoms with van der Waals surface area (Å²) in [5, 5.41) is 5.91. The predicted molar refractivity (Wildman–Crippen MR) is 124 cm³/mol. The Kier molecular flexibility index (Phi) is 5.40. The molecule has 1 saturated carbocycles. The van der Waals surface area contributed by atoms with E-state index >= 15 is 0 Å². The molecule has 28 heavy (non-hydrogen) atoms. The van der Waals surface area contributed by atoms with Gasteiger partial charge in [0.25, 0.3) is 0 Å². The molecule has 0 bridgehead atoms. The van der Waals surface area contributed by atoms with E-state index in [1.165, 1.54) is 36.8 Å². The Morgan fingerprint density at radius 2 is 1.68 bits per heavy atom. The molecule has 2 aliphatic rings. The van der Waals surface area contributed by atoms with E-state index in [1.807, 2.05) is 30.3 Å². The van der Waals surface area contributed by atoms with E-state index in [-0.39, 0.29) is 11.4 Å². The highest BCUT2D eigenvalue weighted by Crippen LogP contribution is 2.46. The van der Waals surface area contributed by atoms with E-state index in [1.54, 1.807) is 0 Å². The summed E-state index contributed by atoms with van der Waals surface area (Å²) in [4.78, 5) is 15.0. The maximum atomic E-state index is 12.4. The molecule has 1 fully saturated rings. The number of carbonyl (C=O) groups excluding carboxylic acids is 1. The Hall–Kier alpha value is -1.60. The number of carbonyl (C=O) groups is 1. The van der Waals surface area contributed by atoms with Crippen LogP contribution in [0.1, 0.15) is 56.7 Å². The van der Waals surface area contributed by atoms with Gasteiger partial charge in [0.15, 0.2) is 0 Å². The summed E-state index contributed by atoms with van der Waals surface area (Å²) in [6.07, 6.45) is 5.02. The fourth-order valence-corrected chi connectivity index (χ4v) is 4.64. The molecule has 4 rings (SSSR count). The number of nitrogens with one attached hydrogen (secondary N) is 2. The second kappa shape index (κ2) is 7.67. The molecule has 0 aromatic heterocycles. The van der Waals surface area contributed by atoms with Crippen LogP contribution in [0.2, 0.25) is 0 Å². The monoisotopic (exact) mass is 489 g/mol. The minimum atomic E-state index is -0.207. The summed E-state index contributed by atoms with van der Waals surface area (Å²) in [5.74, 6) is 0. The third-order valence-electron chi connectivity index (χ3n) is 6.16. The highest BCUT2D eigenvalue weighted by atomic mass is 127. The molecule has 2 aromatic carbocycles. The number of nitrogens with zero attached hydrogens (tertiary/aromatic N) is 1. The molecule has 2 amide bonds. The average molecular weight is 489 g/mol. The first-order valence-corrected chi connectivity index (χ1v) is 11.1. The largest absolute Gasteiger partial charge is 0.323 e. The van der Waals surface area contributed by atoms with Crippen molar-refractivity contribution in [3.05, 3.63) is 57.2 Å². The number of halogens is 1. The van der Waals surface area contributed by atoms with Gasteiger partial charge in [-0.25, -0.2) is 4.79 Å². The highest BCUT2D eigenvalue weighted by Gasteiger charge is 2.38. The molecular weight excluding hydrogens is 461 g/mol. The van der Waals surface area contributed by atoms with E-state index in [0.717, 1.165) is 21.0 Å². The Bertz CT molecular complexity index is 874. The third kappa shape index (κ3) is 4.20. The lowest BCUT2D eigenvalue weighted by atomic mass is 9.70. The summed E-state index contributed by atoms with van der Waals surface area (Å²) >= 11 is 2.25. The lowest BCUT2D eigenvalue weighted by molar-refractivity contribution is 0.192. The van der Waals surface area contributed by atoms with Crippen LogP contribution in [-0.4, -0.2) is 24.0 Å². The van der Waals surface area contributed by atoms with Crippen molar-refractivity contribution in [2.45, 2.75) is 57.0 Å². The lowest BCUT2D eigenvalue weighted by Gasteiger charge is -2.41. The number of fused-ring (bicyclic) bond motifs is 1. The van der Waals surface area contributed by atoms with Crippen molar-refractivity contribution in [1.82, 2.24) is 4.90 Å². The number of hydrogen-bond acceptors (Lipinski definition) is 2. The zero-order chi connectivity index (χ0) is 19.9. The van der Waals surface area contributed by atoms with Gasteiger partial charge in [-0.05, 0) is 108 Å². The smallest absolute Gasteiger partial charge is 0.308 e. The quantitative estimate of drug-likeness (QED) is 0.507. The summed E-state index contributed by atoms with van der Waals surface area (Å²) < 4.78 is 1.14. The maximum absolute atomic E-state index is 12.4. The molecule has 5 heteroatoms. The Morgan fingerprint density at radius 3 is 2.36 bits per heavy atom. The second-order valence-electron chi connectivity index (χ2n) is 8.72. The Morgan fingerprint density at radius 1 is 1.04 bits per heavy atom. The van der Waals surface area contributed by atoms with Crippen molar-refractivity contribution in [3.63, 3.8) is 0 Å². The van der Waals surface area contributed by atoms with Crippen molar-refractivity contribution in [3.8, 4) is 0 Å². The van der Waals surface area contributed by atoms with Crippen LogP contribution in [0.3, 0.4) is 0 Å². The van der Waals surface area contributed by atoms with Crippen LogP contribution in [0.4, 0.5) is 16.2 Å². The topological polar surface area (TPSA) is 44.4 Å². The number of urea groups is 1. The zero-order valence-electron chi connectivity index (χ0n) is 16.8. The fourth-order valence-electron chi connectivity index (χ4n) is 4.28. The van der Waals surface area contributed by atoms with Crippen molar-refractivity contribution in [1.29, 1.82) is 0 Å². The van der Waals surface area contributed by atoms with E-state index < -0.39 is 0 Å². The molecule has 148 valence electrons. The van der Waals surface area contributed by atoms with E-state index in [9.17, 15) is 4.79 Å². The maximum Gasteiger partial charge on any atom is 0.323 e. The van der Waals surface area contributed by atoms with Crippen molar-refractivity contribution in [2.75, 3.05) is 17.7 Å². The van der Waals surface area contributed by atoms with Gasteiger partial charge >= 0.3 is 6.03 Å². The molecule has 0 spiro atoms. The first-order valence-electron chi connectivity index (χ1n) is 10.0. The molecule has 2 aliphatic carbocycles. The summed E-state index contributed by atoms with van der Waals surface area (Å²) in [7, 11) is 2.27. The normalized spacial score (nSPS) is 20.5. The van der Waals surface area contributed by atoms with Crippen molar-refractivity contribution in [2.24, 2.45) is 0 Å². The van der Waals surface area contributed by atoms with Gasteiger partial charge in [-0.3, -0.25) is 4.90 Å². The molecule has 1 atom stereocenters. The van der Waals surface area contributed by atoms with Gasteiger partial charge in [0.1, 0.15) is 0 Å². The molecule has 1 unspecified atom stereocenters. The van der Waals surface area contributed by atoms with Gasteiger partial charge in [0.2, 0.25) is 0 Å². The SMILES string of the molecule is CN(C1CC1)C1CCC(C)(C)c2cc(NC(=O)Nc3ccc(I)cc3)ccc21. The van der Waals surface area contributed by atoms with Crippen molar-refractivity contribution < 1.29 is 4.79 Å². The average Bonchev–Trinajstić information content (AvgIpc) is 3.49. The molecular formula is C23H28IN3O. The Labute approximate surface area is 181 Å². The van der Waals surface area contributed by atoms with Crippen LogP contribution in [-0.2, 0) is 5.41 Å². The first kappa shape index (κ1) is 19.7. The van der Waals surface area contributed by atoms with Crippen LogP contribution < -0.4 is 10.6 Å². The third-order valence-corrected chi connectivity index (χ3v) is 6.88. The second-order valence-corrected chi connectivity index (χ2v) is 9.97. The molecule has 0 aliphatic heterocycles. The zero-order valence-corrected chi connectivity index (χ0v) is 18.9. The van der Waals surface area contributed by atoms with Crippen LogP contribution in [0.5, 0.6) is 0 Å². The first-order chi connectivity index (χ1) is 13.3. The summed E-state index contributed by atoms with van der Waals surface area (Å²) in [6.45, 7) is 4.63. The summed E-state index contributed by atoms with van der Waals surface area (Å²) in [6, 6.07) is 15.3. The van der Waals surface area contributed by atoms with Gasteiger partial charge in [0, 0.05) is 27.0 Å². The van der Waals surface area contributed by atoms with Gasteiger partial charge in [0.05, 0.1) is 0 Å². The molecule has 2 aromatic rings. The number of benzene rings is 2. The van der Waals surface area contributed by atoms with Crippen LogP contribution in [0.15, 0.2) is 42.5 Å². The minimum Gasteiger partial charge on any atom is -0.308 e. The van der Waals surface area contributed by atoms with Crippen LogP contribution >= 0.6 is 22.6 Å². The molecule has 4 nitrogen and oxygen atoms in total. The van der Waals surface area contributed by atoms with E-state index in [0.29, 0.717) is 6.04 Å².